The Morgan fingerprint density at radius 2 is 1.83 bits per heavy atom. The number of alkyl carbamates (subject to hydrolysis) is 1. The Morgan fingerprint density at radius 1 is 1.13 bits per heavy atom. The molecule has 1 N–H and O–H groups in total. The van der Waals surface area contributed by atoms with Crippen molar-refractivity contribution in [2.75, 3.05) is 0 Å². The summed E-state index contributed by atoms with van der Waals surface area (Å²) in [5.41, 5.74) is -2.31. The standard InChI is InChI=1S/C22H23F2N2O3P/c1-21(2,3)29-20(27)26-13-14-11-15-5-4-10-25-19(15)18(12-14)28-17-8-6-16(7-9-17)22(23,24)30/h4-12H,13,30H2,1-3H3,(H,26,27). The van der Waals surface area contributed by atoms with Crippen LogP contribution in [0.3, 0.4) is 0 Å². The van der Waals surface area contributed by atoms with Gasteiger partial charge in [0, 0.05) is 23.7 Å². The number of rotatable bonds is 5. The van der Waals surface area contributed by atoms with Gasteiger partial charge in [-0.3, -0.25) is 4.98 Å². The Hall–Kier alpha value is -2.79. The number of alkyl halides is 2. The van der Waals surface area contributed by atoms with Gasteiger partial charge in [-0.1, -0.05) is 15.3 Å². The molecular weight excluding hydrogens is 409 g/mol. The number of nitrogens with one attached hydrogen (secondary N) is 1. The Bertz CT molecular complexity index is 1040. The maximum Gasteiger partial charge on any atom is 0.407 e. The lowest BCUT2D eigenvalue weighted by Gasteiger charge is -2.20. The number of nitrogens with zero attached hydrogens (tertiary/aromatic N) is 1. The van der Waals surface area contributed by atoms with Gasteiger partial charge in [0.2, 0.25) is 0 Å². The zero-order chi connectivity index (χ0) is 21.9. The minimum Gasteiger partial charge on any atom is -0.455 e. The van der Waals surface area contributed by atoms with Crippen LogP contribution >= 0.6 is 9.24 Å². The van der Waals surface area contributed by atoms with Crippen molar-refractivity contribution in [1.82, 2.24) is 10.3 Å². The Balaban J connectivity index is 1.84. The molecule has 1 heterocycles. The van der Waals surface area contributed by atoms with Gasteiger partial charge < -0.3 is 14.8 Å². The topological polar surface area (TPSA) is 60.5 Å². The first-order valence-electron chi connectivity index (χ1n) is 9.31. The average Bonchev–Trinajstić information content (AvgIpc) is 2.65. The van der Waals surface area contributed by atoms with Gasteiger partial charge in [-0.05, 0) is 68.8 Å². The van der Waals surface area contributed by atoms with Crippen LogP contribution in [0.15, 0.2) is 54.7 Å². The lowest BCUT2D eigenvalue weighted by atomic mass is 10.1. The highest BCUT2D eigenvalue weighted by molar-refractivity contribution is 7.17. The molecule has 0 aliphatic heterocycles. The predicted octanol–water partition coefficient (Wildman–Crippen LogP) is 5.98. The molecule has 1 aromatic heterocycles. The smallest absolute Gasteiger partial charge is 0.407 e. The maximum absolute atomic E-state index is 13.4. The van der Waals surface area contributed by atoms with Crippen LogP contribution < -0.4 is 10.1 Å². The molecule has 5 nitrogen and oxygen atoms in total. The number of hydrogen-bond donors (Lipinski definition) is 1. The average molecular weight is 432 g/mol. The highest BCUT2D eigenvalue weighted by atomic mass is 31.0. The number of fused-ring (bicyclic) bond motifs is 1. The molecule has 0 spiro atoms. The van der Waals surface area contributed by atoms with E-state index in [0.717, 1.165) is 10.9 Å². The monoisotopic (exact) mass is 432 g/mol. The van der Waals surface area contributed by atoms with E-state index in [2.05, 4.69) is 10.3 Å². The van der Waals surface area contributed by atoms with Crippen LogP contribution in [0.4, 0.5) is 13.6 Å². The summed E-state index contributed by atoms with van der Waals surface area (Å²) < 4.78 is 38.0. The van der Waals surface area contributed by atoms with Crippen LogP contribution in [0.2, 0.25) is 0 Å². The molecule has 1 atom stereocenters. The molecule has 8 heteroatoms. The van der Waals surface area contributed by atoms with Crippen molar-refractivity contribution < 1.29 is 23.0 Å². The number of aromatic nitrogens is 1. The Labute approximate surface area is 176 Å². The zero-order valence-electron chi connectivity index (χ0n) is 16.9. The summed E-state index contributed by atoms with van der Waals surface area (Å²) in [7, 11) is 1.51. The SMILES string of the molecule is CC(C)(C)OC(=O)NCc1cc(Oc2ccc(C(F)(F)P)cc2)c2ncccc2c1. The minimum absolute atomic E-state index is 0.127. The quantitative estimate of drug-likeness (QED) is 0.504. The van der Waals surface area contributed by atoms with Gasteiger partial charge in [-0.25, -0.2) is 4.79 Å². The van der Waals surface area contributed by atoms with Crippen molar-refractivity contribution in [2.24, 2.45) is 0 Å². The van der Waals surface area contributed by atoms with Crippen molar-refractivity contribution in [2.45, 2.75) is 38.6 Å². The molecule has 0 bridgehead atoms. The van der Waals surface area contributed by atoms with Crippen LogP contribution in [0, 0.1) is 0 Å². The first kappa shape index (κ1) is 21.9. The summed E-state index contributed by atoms with van der Waals surface area (Å²) in [4.78, 5) is 16.3. The molecule has 3 aromatic rings. The Morgan fingerprint density at radius 3 is 2.47 bits per heavy atom. The normalized spacial score (nSPS) is 11.9. The maximum atomic E-state index is 13.4. The van der Waals surface area contributed by atoms with Crippen molar-refractivity contribution >= 4 is 26.2 Å². The lowest BCUT2D eigenvalue weighted by Crippen LogP contribution is -2.32. The Kier molecular flexibility index (Phi) is 6.22. The minimum atomic E-state index is -3.00. The molecule has 3 rings (SSSR count). The largest absolute Gasteiger partial charge is 0.455 e. The van der Waals surface area contributed by atoms with Crippen LogP contribution in [-0.4, -0.2) is 16.7 Å². The summed E-state index contributed by atoms with van der Waals surface area (Å²) in [6, 6.07) is 12.9. The first-order chi connectivity index (χ1) is 14.0. The lowest BCUT2D eigenvalue weighted by molar-refractivity contribution is 0.0523. The van der Waals surface area contributed by atoms with Crippen LogP contribution in [0.25, 0.3) is 10.9 Å². The van der Waals surface area contributed by atoms with Crippen LogP contribution in [-0.2, 0) is 16.9 Å². The van der Waals surface area contributed by atoms with Gasteiger partial charge in [0.05, 0.1) is 0 Å². The van der Waals surface area contributed by atoms with E-state index in [1.165, 1.54) is 33.5 Å². The van der Waals surface area contributed by atoms with E-state index in [9.17, 15) is 13.6 Å². The van der Waals surface area contributed by atoms with Crippen molar-refractivity contribution in [3.63, 3.8) is 0 Å². The molecule has 1 unspecified atom stereocenters. The van der Waals surface area contributed by atoms with Crippen LogP contribution in [0.1, 0.15) is 31.9 Å². The van der Waals surface area contributed by atoms with Crippen molar-refractivity contribution in [3.05, 3.63) is 65.9 Å². The molecule has 0 saturated carbocycles. The molecule has 0 fully saturated rings. The van der Waals surface area contributed by atoms with E-state index in [-0.39, 0.29) is 12.1 Å². The summed E-state index contributed by atoms with van der Waals surface area (Å²) in [6.07, 6.45) is 1.12. The third-order valence-corrected chi connectivity index (χ3v) is 4.37. The fraction of sp³-hybridized carbons (Fsp3) is 0.273. The molecule has 1 amide bonds. The number of amides is 1. The third kappa shape index (κ3) is 5.86. The van der Waals surface area contributed by atoms with Gasteiger partial charge in [-0.2, -0.15) is 8.78 Å². The van der Waals surface area contributed by atoms with E-state index in [1.54, 1.807) is 39.1 Å². The van der Waals surface area contributed by atoms with E-state index >= 15 is 0 Å². The third-order valence-electron chi connectivity index (χ3n) is 4.03. The van der Waals surface area contributed by atoms with E-state index in [4.69, 9.17) is 9.47 Å². The van der Waals surface area contributed by atoms with Gasteiger partial charge >= 0.3 is 6.09 Å². The van der Waals surface area contributed by atoms with Gasteiger partial charge in [0.1, 0.15) is 16.9 Å². The molecule has 2 aromatic carbocycles. The van der Waals surface area contributed by atoms with Gasteiger partial charge in [0.25, 0.3) is 5.66 Å². The number of hydrogen-bond acceptors (Lipinski definition) is 4. The molecule has 0 radical (unpaired) electrons. The van der Waals surface area contributed by atoms with Crippen LogP contribution in [0.5, 0.6) is 11.5 Å². The second kappa shape index (κ2) is 8.52. The van der Waals surface area contributed by atoms with E-state index in [0.29, 0.717) is 17.0 Å². The highest BCUT2D eigenvalue weighted by Crippen LogP contribution is 2.36. The number of benzene rings is 2. The molecule has 0 saturated heterocycles. The number of ether oxygens (including phenoxy) is 2. The summed E-state index contributed by atoms with van der Waals surface area (Å²) in [5.74, 6) is 0.858. The van der Waals surface area contributed by atoms with Gasteiger partial charge in [0.15, 0.2) is 5.75 Å². The molecule has 30 heavy (non-hydrogen) atoms. The van der Waals surface area contributed by atoms with E-state index in [1.807, 2.05) is 12.1 Å². The first-order valence-corrected chi connectivity index (χ1v) is 9.88. The molecule has 158 valence electrons. The zero-order valence-corrected chi connectivity index (χ0v) is 18.1. The summed E-state index contributed by atoms with van der Waals surface area (Å²) in [6.45, 7) is 5.60. The number of halogens is 2. The fourth-order valence-corrected chi connectivity index (χ4v) is 2.95. The van der Waals surface area contributed by atoms with E-state index < -0.39 is 17.4 Å². The number of carbonyl (C=O) groups excluding carboxylic acids is 1. The number of carbonyl (C=O) groups is 1. The molecule has 0 aliphatic carbocycles. The second-order valence-electron chi connectivity index (χ2n) is 7.77. The fourth-order valence-electron chi connectivity index (χ4n) is 2.76. The van der Waals surface area contributed by atoms with Crippen molar-refractivity contribution in [3.8, 4) is 11.5 Å². The predicted molar refractivity (Wildman–Crippen MR) is 115 cm³/mol. The number of pyridine rings is 1. The summed E-state index contributed by atoms with van der Waals surface area (Å²) in [5, 5.41) is 3.54. The molecule has 0 aliphatic rings. The van der Waals surface area contributed by atoms with Crippen molar-refractivity contribution in [1.29, 1.82) is 0 Å². The summed E-state index contributed by atoms with van der Waals surface area (Å²) >= 11 is 0. The molecular formula is C22H23F2N2O3P. The second-order valence-corrected chi connectivity index (χ2v) is 8.50. The van der Waals surface area contributed by atoms with Gasteiger partial charge in [-0.15, -0.1) is 0 Å². The highest BCUT2D eigenvalue weighted by Gasteiger charge is 2.24.